The lowest BCUT2D eigenvalue weighted by Crippen LogP contribution is -1.99. The summed E-state index contributed by atoms with van der Waals surface area (Å²) in [5.74, 6) is -1.00. The van der Waals surface area contributed by atoms with Crippen LogP contribution in [0.3, 0.4) is 0 Å². The standard InChI is InChI=1S/C8H6Br2O3/c9-6-2-5(8(12)13)7(10)1-4(6)3-11/h1-2,11H,3H2,(H,12,13). The van der Waals surface area contributed by atoms with E-state index in [0.29, 0.717) is 14.5 Å². The number of benzene rings is 1. The van der Waals surface area contributed by atoms with Crippen LogP contribution in [0.4, 0.5) is 0 Å². The Bertz CT molecular complexity index is 349. The maximum atomic E-state index is 10.7. The summed E-state index contributed by atoms with van der Waals surface area (Å²) in [5.41, 5.74) is 0.820. The van der Waals surface area contributed by atoms with Crippen molar-refractivity contribution in [2.75, 3.05) is 0 Å². The van der Waals surface area contributed by atoms with E-state index in [1.807, 2.05) is 0 Å². The highest BCUT2D eigenvalue weighted by Gasteiger charge is 2.11. The molecule has 3 nitrogen and oxygen atoms in total. The van der Waals surface area contributed by atoms with Gasteiger partial charge in [-0.1, -0.05) is 15.9 Å². The van der Waals surface area contributed by atoms with Crippen molar-refractivity contribution in [1.29, 1.82) is 0 Å². The molecule has 0 aromatic heterocycles. The Morgan fingerprint density at radius 2 is 1.92 bits per heavy atom. The Morgan fingerprint density at radius 3 is 2.38 bits per heavy atom. The maximum Gasteiger partial charge on any atom is 0.336 e. The summed E-state index contributed by atoms with van der Waals surface area (Å²) in [7, 11) is 0. The highest BCUT2D eigenvalue weighted by atomic mass is 79.9. The van der Waals surface area contributed by atoms with Gasteiger partial charge < -0.3 is 10.2 Å². The molecule has 0 heterocycles. The minimum absolute atomic E-state index is 0.126. The van der Waals surface area contributed by atoms with E-state index in [2.05, 4.69) is 31.9 Å². The van der Waals surface area contributed by atoms with Crippen molar-refractivity contribution in [3.05, 3.63) is 32.2 Å². The fourth-order valence-electron chi connectivity index (χ4n) is 0.873. The van der Waals surface area contributed by atoms with Crippen LogP contribution in [0.2, 0.25) is 0 Å². The fourth-order valence-corrected chi connectivity index (χ4v) is 1.90. The van der Waals surface area contributed by atoms with Crippen molar-refractivity contribution in [3.63, 3.8) is 0 Å². The number of aliphatic hydroxyl groups is 1. The first kappa shape index (κ1) is 10.7. The minimum Gasteiger partial charge on any atom is -0.478 e. The molecule has 0 aliphatic heterocycles. The number of hydrogen-bond donors (Lipinski definition) is 2. The smallest absolute Gasteiger partial charge is 0.336 e. The Balaban J connectivity index is 3.28. The molecule has 2 N–H and O–H groups in total. The van der Waals surface area contributed by atoms with E-state index in [9.17, 15) is 4.79 Å². The zero-order chi connectivity index (χ0) is 10.0. The number of carboxylic acids is 1. The monoisotopic (exact) mass is 308 g/mol. The summed E-state index contributed by atoms with van der Waals surface area (Å²) in [6.45, 7) is -0.126. The highest BCUT2D eigenvalue weighted by molar-refractivity contribution is 9.11. The zero-order valence-corrected chi connectivity index (χ0v) is 9.59. The van der Waals surface area contributed by atoms with E-state index in [1.165, 1.54) is 6.07 Å². The number of aliphatic hydroxyl groups excluding tert-OH is 1. The predicted molar refractivity (Wildman–Crippen MR) is 54.7 cm³/mol. The Morgan fingerprint density at radius 1 is 1.31 bits per heavy atom. The van der Waals surface area contributed by atoms with Gasteiger partial charge in [-0.2, -0.15) is 0 Å². The van der Waals surface area contributed by atoms with Gasteiger partial charge in [0.25, 0.3) is 0 Å². The van der Waals surface area contributed by atoms with Gasteiger partial charge in [-0.05, 0) is 33.6 Å². The molecule has 0 aliphatic carbocycles. The molecule has 70 valence electrons. The third-order valence-electron chi connectivity index (χ3n) is 1.54. The Hall–Kier alpha value is -0.390. The number of carbonyl (C=O) groups is 1. The molecule has 0 bridgehead atoms. The topological polar surface area (TPSA) is 57.5 Å². The third kappa shape index (κ3) is 2.30. The molecule has 0 unspecified atom stereocenters. The van der Waals surface area contributed by atoms with Crippen LogP contribution in [0.5, 0.6) is 0 Å². The second-order valence-electron chi connectivity index (χ2n) is 2.39. The van der Waals surface area contributed by atoms with Gasteiger partial charge in [-0.25, -0.2) is 4.79 Å². The lowest BCUT2D eigenvalue weighted by atomic mass is 10.1. The minimum atomic E-state index is -1.00. The molecular weight excluding hydrogens is 304 g/mol. The summed E-state index contributed by atoms with van der Waals surface area (Å²) in [6, 6.07) is 3.03. The molecule has 1 rings (SSSR count). The van der Waals surface area contributed by atoms with E-state index in [4.69, 9.17) is 10.2 Å². The van der Waals surface area contributed by atoms with E-state index in [-0.39, 0.29) is 12.2 Å². The number of halogens is 2. The number of carboxylic acid groups (broad SMARTS) is 1. The predicted octanol–water partition coefficient (Wildman–Crippen LogP) is 2.40. The molecule has 0 saturated heterocycles. The summed E-state index contributed by atoms with van der Waals surface area (Å²) in [4.78, 5) is 10.7. The summed E-state index contributed by atoms with van der Waals surface area (Å²) >= 11 is 6.28. The van der Waals surface area contributed by atoms with Gasteiger partial charge in [0.2, 0.25) is 0 Å². The van der Waals surface area contributed by atoms with Crippen LogP contribution in [-0.2, 0) is 6.61 Å². The highest BCUT2D eigenvalue weighted by Crippen LogP contribution is 2.26. The van der Waals surface area contributed by atoms with Crippen molar-refractivity contribution in [1.82, 2.24) is 0 Å². The van der Waals surface area contributed by atoms with Crippen molar-refractivity contribution >= 4 is 37.8 Å². The molecule has 0 saturated carbocycles. The summed E-state index contributed by atoms with van der Waals surface area (Å²) in [6.07, 6.45) is 0. The third-order valence-corrected chi connectivity index (χ3v) is 2.93. The first-order chi connectivity index (χ1) is 6.06. The zero-order valence-electron chi connectivity index (χ0n) is 6.42. The molecule has 0 aliphatic rings. The number of hydrogen-bond acceptors (Lipinski definition) is 2. The first-order valence-corrected chi connectivity index (χ1v) is 4.97. The quantitative estimate of drug-likeness (QED) is 0.882. The average molecular weight is 310 g/mol. The Kier molecular flexibility index (Phi) is 3.47. The lowest BCUT2D eigenvalue weighted by Gasteiger charge is -2.04. The van der Waals surface area contributed by atoms with Gasteiger partial charge in [0, 0.05) is 8.95 Å². The van der Waals surface area contributed by atoms with E-state index < -0.39 is 5.97 Å². The van der Waals surface area contributed by atoms with E-state index in [1.54, 1.807) is 6.07 Å². The number of aromatic carboxylic acids is 1. The second kappa shape index (κ2) is 4.21. The van der Waals surface area contributed by atoms with Crippen LogP contribution in [0.15, 0.2) is 21.1 Å². The Labute approximate surface area is 91.6 Å². The van der Waals surface area contributed by atoms with Crippen LogP contribution in [0.25, 0.3) is 0 Å². The molecule has 5 heteroatoms. The van der Waals surface area contributed by atoms with Crippen molar-refractivity contribution in [2.45, 2.75) is 6.61 Å². The molecule has 1 aromatic rings. The molecule has 0 atom stereocenters. The molecule has 13 heavy (non-hydrogen) atoms. The summed E-state index contributed by atoms with van der Waals surface area (Å²) < 4.78 is 1.06. The van der Waals surface area contributed by atoms with Gasteiger partial charge in [-0.3, -0.25) is 0 Å². The van der Waals surface area contributed by atoms with Crippen LogP contribution < -0.4 is 0 Å². The molecule has 0 spiro atoms. The largest absolute Gasteiger partial charge is 0.478 e. The van der Waals surface area contributed by atoms with Crippen molar-refractivity contribution < 1.29 is 15.0 Å². The first-order valence-electron chi connectivity index (χ1n) is 3.38. The van der Waals surface area contributed by atoms with Gasteiger partial charge >= 0.3 is 5.97 Å². The van der Waals surface area contributed by atoms with Crippen LogP contribution in [0, 0.1) is 0 Å². The van der Waals surface area contributed by atoms with Crippen LogP contribution in [0.1, 0.15) is 15.9 Å². The molecule has 0 fully saturated rings. The van der Waals surface area contributed by atoms with Gasteiger partial charge in [0.15, 0.2) is 0 Å². The average Bonchev–Trinajstić information content (AvgIpc) is 2.07. The molecule has 0 amide bonds. The lowest BCUT2D eigenvalue weighted by molar-refractivity contribution is 0.0695. The van der Waals surface area contributed by atoms with Gasteiger partial charge in [-0.15, -0.1) is 0 Å². The van der Waals surface area contributed by atoms with Crippen LogP contribution >= 0.6 is 31.9 Å². The van der Waals surface area contributed by atoms with Gasteiger partial charge in [0.1, 0.15) is 0 Å². The normalized spacial score (nSPS) is 10.1. The molecular formula is C8H6Br2O3. The summed E-state index contributed by atoms with van der Waals surface area (Å²) in [5, 5.41) is 17.6. The maximum absolute atomic E-state index is 10.7. The SMILES string of the molecule is O=C(O)c1cc(Br)c(CO)cc1Br. The van der Waals surface area contributed by atoms with E-state index in [0.717, 1.165) is 0 Å². The molecule has 0 radical (unpaired) electrons. The van der Waals surface area contributed by atoms with Crippen molar-refractivity contribution in [3.8, 4) is 0 Å². The second-order valence-corrected chi connectivity index (χ2v) is 4.10. The van der Waals surface area contributed by atoms with Crippen LogP contribution in [-0.4, -0.2) is 16.2 Å². The van der Waals surface area contributed by atoms with E-state index >= 15 is 0 Å². The van der Waals surface area contributed by atoms with Gasteiger partial charge in [0.05, 0.1) is 12.2 Å². The molecule has 1 aromatic carbocycles. The number of rotatable bonds is 2. The van der Waals surface area contributed by atoms with Crippen molar-refractivity contribution in [2.24, 2.45) is 0 Å². The fraction of sp³-hybridized carbons (Fsp3) is 0.125.